The van der Waals surface area contributed by atoms with Crippen LogP contribution >= 0.6 is 11.6 Å². The lowest BCUT2D eigenvalue weighted by molar-refractivity contribution is -0.132. The van der Waals surface area contributed by atoms with E-state index in [-0.39, 0.29) is 55.5 Å². The van der Waals surface area contributed by atoms with Gasteiger partial charge in [0.15, 0.2) is 5.58 Å². The highest BCUT2D eigenvalue weighted by atomic mass is 35.5. The molecule has 3 aromatic rings. The molecule has 1 fully saturated rings. The van der Waals surface area contributed by atoms with Gasteiger partial charge in [-0.2, -0.15) is 9.57 Å². The third-order valence-corrected chi connectivity index (χ3v) is 7.59. The minimum atomic E-state index is -3.83. The lowest BCUT2D eigenvalue weighted by Gasteiger charge is -2.34. The van der Waals surface area contributed by atoms with Gasteiger partial charge in [0.2, 0.25) is 15.9 Å². The molecule has 2 heterocycles. The number of rotatable bonds is 5. The SMILES string of the molecule is N#Cc1ccccc1S(=O)(=O)N1CCN(C(=O)CCn2c(=O)oc3cc(Cl)ccc32)CC1. The van der Waals surface area contributed by atoms with E-state index in [0.717, 1.165) is 0 Å². The summed E-state index contributed by atoms with van der Waals surface area (Å²) in [4.78, 5) is 26.3. The first-order chi connectivity index (χ1) is 15.3. The van der Waals surface area contributed by atoms with E-state index in [1.807, 2.05) is 6.07 Å². The van der Waals surface area contributed by atoms with E-state index >= 15 is 0 Å². The lowest BCUT2D eigenvalue weighted by Crippen LogP contribution is -2.50. The molecular formula is C21H19ClN4O5S. The maximum Gasteiger partial charge on any atom is 0.419 e. The minimum absolute atomic E-state index is 0.0337. The number of aryl methyl sites for hydroxylation is 1. The average molecular weight is 475 g/mol. The minimum Gasteiger partial charge on any atom is -0.408 e. The number of benzene rings is 2. The molecule has 1 aliphatic heterocycles. The van der Waals surface area contributed by atoms with Crippen molar-refractivity contribution in [3.63, 3.8) is 0 Å². The number of halogens is 1. The van der Waals surface area contributed by atoms with Gasteiger partial charge in [-0.05, 0) is 24.3 Å². The van der Waals surface area contributed by atoms with Crippen LogP contribution in [0.25, 0.3) is 11.1 Å². The summed E-state index contributed by atoms with van der Waals surface area (Å²) >= 11 is 5.91. The molecule has 0 N–H and O–H groups in total. The van der Waals surface area contributed by atoms with Crippen molar-refractivity contribution in [2.45, 2.75) is 17.9 Å². The van der Waals surface area contributed by atoms with Crippen LogP contribution in [0.2, 0.25) is 5.02 Å². The van der Waals surface area contributed by atoms with Gasteiger partial charge in [0.25, 0.3) is 0 Å². The summed E-state index contributed by atoms with van der Waals surface area (Å²) in [5.41, 5.74) is 0.996. The second-order valence-electron chi connectivity index (χ2n) is 7.27. The average Bonchev–Trinajstić information content (AvgIpc) is 3.11. The molecule has 0 atom stereocenters. The van der Waals surface area contributed by atoms with Crippen molar-refractivity contribution in [2.75, 3.05) is 26.2 Å². The van der Waals surface area contributed by atoms with Gasteiger partial charge >= 0.3 is 5.76 Å². The first-order valence-electron chi connectivity index (χ1n) is 9.87. The Kier molecular flexibility index (Phi) is 6.06. The Morgan fingerprint density at radius 2 is 1.84 bits per heavy atom. The second-order valence-corrected chi connectivity index (χ2v) is 9.62. The van der Waals surface area contributed by atoms with Crippen molar-refractivity contribution < 1.29 is 17.6 Å². The van der Waals surface area contributed by atoms with E-state index < -0.39 is 15.8 Å². The Morgan fingerprint density at radius 1 is 1.12 bits per heavy atom. The molecule has 0 unspecified atom stereocenters. The number of amides is 1. The van der Waals surface area contributed by atoms with Gasteiger partial charge in [0.1, 0.15) is 6.07 Å². The molecule has 4 rings (SSSR count). The third kappa shape index (κ3) is 4.14. The summed E-state index contributed by atoms with van der Waals surface area (Å²) in [7, 11) is -3.83. The molecule has 9 nitrogen and oxygen atoms in total. The molecule has 0 spiro atoms. The number of aromatic nitrogens is 1. The van der Waals surface area contributed by atoms with Crippen molar-refractivity contribution >= 4 is 38.6 Å². The van der Waals surface area contributed by atoms with Crippen LogP contribution in [0.5, 0.6) is 0 Å². The normalized spacial score (nSPS) is 15.1. The number of nitrogens with zero attached hydrogens (tertiary/aromatic N) is 4. The first kappa shape index (κ1) is 22.1. The first-order valence-corrected chi connectivity index (χ1v) is 11.7. The fourth-order valence-electron chi connectivity index (χ4n) is 3.72. The smallest absolute Gasteiger partial charge is 0.408 e. The molecule has 1 saturated heterocycles. The third-order valence-electron chi connectivity index (χ3n) is 5.40. The molecule has 1 aromatic heterocycles. The lowest BCUT2D eigenvalue weighted by atomic mass is 10.2. The molecule has 32 heavy (non-hydrogen) atoms. The zero-order valence-electron chi connectivity index (χ0n) is 16.9. The highest BCUT2D eigenvalue weighted by Crippen LogP contribution is 2.22. The monoisotopic (exact) mass is 474 g/mol. The molecule has 0 aliphatic carbocycles. The van der Waals surface area contributed by atoms with Crippen molar-refractivity contribution in [3.05, 3.63) is 63.6 Å². The molecule has 1 amide bonds. The predicted octanol–water partition coefficient (Wildman–Crippen LogP) is 2.04. The van der Waals surface area contributed by atoms with Gasteiger partial charge in [-0.15, -0.1) is 0 Å². The maximum atomic E-state index is 12.9. The Hall–Kier alpha value is -3.13. The number of carbonyl (C=O) groups is 1. The summed E-state index contributed by atoms with van der Waals surface area (Å²) in [5.74, 6) is -0.753. The summed E-state index contributed by atoms with van der Waals surface area (Å²) in [5, 5.41) is 9.65. The van der Waals surface area contributed by atoms with Gasteiger partial charge in [-0.3, -0.25) is 9.36 Å². The number of oxazole rings is 1. The van der Waals surface area contributed by atoms with E-state index in [9.17, 15) is 23.3 Å². The van der Waals surface area contributed by atoms with Crippen LogP contribution in [-0.4, -0.2) is 54.3 Å². The number of carbonyl (C=O) groups excluding carboxylic acids is 1. The Bertz CT molecular complexity index is 1380. The number of nitriles is 1. The number of hydrogen-bond donors (Lipinski definition) is 0. The van der Waals surface area contributed by atoms with Crippen LogP contribution in [0, 0.1) is 11.3 Å². The van der Waals surface area contributed by atoms with Gasteiger partial charge < -0.3 is 9.32 Å². The van der Waals surface area contributed by atoms with Crippen LogP contribution in [-0.2, 0) is 21.4 Å². The van der Waals surface area contributed by atoms with Crippen LogP contribution in [0.3, 0.4) is 0 Å². The molecular weight excluding hydrogens is 456 g/mol. The van der Waals surface area contributed by atoms with Crippen LogP contribution < -0.4 is 5.76 Å². The van der Waals surface area contributed by atoms with Gasteiger partial charge in [-0.1, -0.05) is 23.7 Å². The highest BCUT2D eigenvalue weighted by Gasteiger charge is 2.31. The Balaban J connectivity index is 1.40. The predicted molar refractivity (Wildman–Crippen MR) is 117 cm³/mol. The van der Waals surface area contributed by atoms with Gasteiger partial charge in [0, 0.05) is 50.2 Å². The number of fused-ring (bicyclic) bond motifs is 1. The van der Waals surface area contributed by atoms with Crippen LogP contribution in [0.15, 0.2) is 56.6 Å². The molecule has 11 heteroatoms. The zero-order valence-corrected chi connectivity index (χ0v) is 18.5. The topological polar surface area (TPSA) is 117 Å². The van der Waals surface area contributed by atoms with Crippen LogP contribution in [0.1, 0.15) is 12.0 Å². The van der Waals surface area contributed by atoms with Crippen LogP contribution in [0.4, 0.5) is 0 Å². The molecule has 0 saturated carbocycles. The van der Waals surface area contributed by atoms with E-state index in [4.69, 9.17) is 16.0 Å². The van der Waals surface area contributed by atoms with Crippen molar-refractivity contribution in [1.29, 1.82) is 5.26 Å². The quantitative estimate of drug-likeness (QED) is 0.558. The van der Waals surface area contributed by atoms with E-state index in [0.29, 0.717) is 16.1 Å². The fraction of sp³-hybridized carbons (Fsp3) is 0.286. The zero-order chi connectivity index (χ0) is 22.9. The molecule has 2 aromatic carbocycles. The Labute approximate surface area is 189 Å². The number of hydrogen-bond acceptors (Lipinski definition) is 6. The largest absolute Gasteiger partial charge is 0.419 e. The molecule has 166 valence electrons. The van der Waals surface area contributed by atoms with E-state index in [1.54, 1.807) is 35.2 Å². The van der Waals surface area contributed by atoms with Gasteiger partial charge in [-0.25, -0.2) is 13.2 Å². The standard InChI is InChI=1S/C21H19ClN4O5S/c22-16-5-6-17-18(13-16)31-21(28)26(17)8-7-20(27)24-9-11-25(12-10-24)32(29,30)19-4-2-1-3-15(19)14-23/h1-6,13H,7-12H2. The fourth-order valence-corrected chi connectivity index (χ4v) is 5.44. The summed E-state index contributed by atoms with van der Waals surface area (Å²) in [6.45, 7) is 0.842. The molecule has 0 radical (unpaired) electrons. The number of piperazine rings is 1. The summed E-state index contributed by atoms with van der Waals surface area (Å²) < 4.78 is 33.7. The summed E-state index contributed by atoms with van der Waals surface area (Å²) in [6, 6.07) is 12.8. The van der Waals surface area contributed by atoms with Crippen molar-refractivity contribution in [3.8, 4) is 6.07 Å². The van der Waals surface area contributed by atoms with Gasteiger partial charge in [0.05, 0.1) is 16.0 Å². The maximum absolute atomic E-state index is 12.9. The van der Waals surface area contributed by atoms with Crippen molar-refractivity contribution in [1.82, 2.24) is 13.8 Å². The van der Waals surface area contributed by atoms with E-state index in [1.165, 1.54) is 21.0 Å². The number of sulfonamides is 1. The molecule has 0 bridgehead atoms. The summed E-state index contributed by atoms with van der Waals surface area (Å²) in [6.07, 6.45) is 0.0706. The van der Waals surface area contributed by atoms with E-state index in [2.05, 4.69) is 0 Å². The van der Waals surface area contributed by atoms with Crippen molar-refractivity contribution in [2.24, 2.45) is 0 Å². The molecule has 1 aliphatic rings. The highest BCUT2D eigenvalue weighted by molar-refractivity contribution is 7.89. The Morgan fingerprint density at radius 3 is 2.56 bits per heavy atom. The second kappa shape index (κ2) is 8.78.